The lowest BCUT2D eigenvalue weighted by Gasteiger charge is -2.13. The molecule has 0 saturated heterocycles. The van der Waals surface area contributed by atoms with Gasteiger partial charge in [-0.25, -0.2) is 4.79 Å². The molecule has 0 fully saturated rings. The Hall–Kier alpha value is -0.780. The van der Waals surface area contributed by atoms with Crippen LogP contribution >= 0.6 is 0 Å². The van der Waals surface area contributed by atoms with Gasteiger partial charge in [0.15, 0.2) is 0 Å². The van der Waals surface area contributed by atoms with E-state index >= 15 is 0 Å². The van der Waals surface area contributed by atoms with Gasteiger partial charge in [0.05, 0.1) is 0 Å². The van der Waals surface area contributed by atoms with Crippen LogP contribution in [0.15, 0.2) is 0 Å². The van der Waals surface area contributed by atoms with Gasteiger partial charge in [-0.15, -0.1) is 0 Å². The van der Waals surface area contributed by atoms with Crippen molar-refractivity contribution >= 4 is 5.97 Å². The molecular weight excluding hydrogens is 225 g/mol. The van der Waals surface area contributed by atoms with Crippen molar-refractivity contribution in [1.82, 2.24) is 0 Å². The molecule has 0 aromatic carbocycles. The van der Waals surface area contributed by atoms with Crippen LogP contribution < -0.4 is 0 Å². The van der Waals surface area contributed by atoms with Crippen molar-refractivity contribution in [2.45, 2.75) is 57.9 Å². The molecule has 16 heavy (non-hydrogen) atoms. The quantitative estimate of drug-likeness (QED) is 0.424. The van der Waals surface area contributed by atoms with E-state index in [9.17, 15) is 18.0 Å². The molecule has 1 unspecified atom stereocenters. The van der Waals surface area contributed by atoms with Crippen LogP contribution in [0.1, 0.15) is 45.4 Å². The van der Waals surface area contributed by atoms with E-state index in [0.717, 1.165) is 25.7 Å². The number of esters is 1. The standard InChI is InChI=1S/C10H17F3O3/c1-2-3-4-5-6-7-8(14)16-9(15)10(11,12)13/h8,14H,2-7H2,1H3. The summed E-state index contributed by atoms with van der Waals surface area (Å²) in [6.45, 7) is 2.04. The normalized spacial score (nSPS) is 13.6. The monoisotopic (exact) mass is 242 g/mol. The molecule has 0 aliphatic carbocycles. The van der Waals surface area contributed by atoms with E-state index in [1.807, 2.05) is 6.92 Å². The van der Waals surface area contributed by atoms with Crippen molar-refractivity contribution in [3.8, 4) is 0 Å². The number of hydrogen-bond donors (Lipinski definition) is 1. The molecule has 0 aliphatic rings. The fourth-order valence-corrected chi connectivity index (χ4v) is 1.17. The van der Waals surface area contributed by atoms with E-state index in [1.54, 1.807) is 0 Å². The predicted octanol–water partition coefficient (Wildman–Crippen LogP) is 2.77. The first-order valence-corrected chi connectivity index (χ1v) is 5.33. The first kappa shape index (κ1) is 15.2. The van der Waals surface area contributed by atoms with Crippen LogP contribution in [0, 0.1) is 0 Å². The molecule has 0 aliphatic heterocycles. The van der Waals surface area contributed by atoms with Gasteiger partial charge in [0.2, 0.25) is 6.29 Å². The lowest BCUT2D eigenvalue weighted by Crippen LogP contribution is -2.30. The minimum absolute atomic E-state index is 0.0472. The summed E-state index contributed by atoms with van der Waals surface area (Å²) in [4.78, 5) is 10.3. The van der Waals surface area contributed by atoms with Crippen molar-refractivity contribution < 1.29 is 27.8 Å². The van der Waals surface area contributed by atoms with E-state index in [4.69, 9.17) is 5.11 Å². The molecule has 0 aromatic heterocycles. The maximum atomic E-state index is 11.7. The molecule has 0 heterocycles. The Bertz CT molecular complexity index is 204. The van der Waals surface area contributed by atoms with Crippen LogP contribution in [0.3, 0.4) is 0 Å². The Morgan fingerprint density at radius 3 is 2.31 bits per heavy atom. The number of alkyl halides is 3. The SMILES string of the molecule is CCCCCCCC(O)OC(=O)C(F)(F)F. The molecule has 1 N–H and O–H groups in total. The molecule has 0 aromatic rings. The van der Waals surface area contributed by atoms with Crippen LogP contribution in [0.5, 0.6) is 0 Å². The number of carbonyl (C=O) groups excluding carboxylic acids is 1. The van der Waals surface area contributed by atoms with Crippen molar-refractivity contribution in [2.75, 3.05) is 0 Å². The van der Waals surface area contributed by atoms with Crippen molar-refractivity contribution in [1.29, 1.82) is 0 Å². The summed E-state index contributed by atoms with van der Waals surface area (Å²) < 4.78 is 39.0. The minimum Gasteiger partial charge on any atom is -0.429 e. The lowest BCUT2D eigenvalue weighted by atomic mass is 10.1. The fraction of sp³-hybridized carbons (Fsp3) is 0.900. The van der Waals surface area contributed by atoms with Crippen molar-refractivity contribution in [2.24, 2.45) is 0 Å². The second-order valence-corrected chi connectivity index (χ2v) is 3.56. The van der Waals surface area contributed by atoms with Crippen molar-refractivity contribution in [3.05, 3.63) is 0 Å². The van der Waals surface area contributed by atoms with Gasteiger partial charge in [-0.1, -0.05) is 32.6 Å². The molecule has 0 spiro atoms. The molecule has 0 saturated carbocycles. The first-order valence-electron chi connectivity index (χ1n) is 5.33. The van der Waals surface area contributed by atoms with Crippen LogP contribution in [-0.2, 0) is 9.53 Å². The molecule has 6 heteroatoms. The summed E-state index contributed by atoms with van der Waals surface area (Å²) in [5.41, 5.74) is 0. The molecule has 96 valence electrons. The van der Waals surface area contributed by atoms with Gasteiger partial charge in [0, 0.05) is 6.42 Å². The number of aliphatic hydroxyl groups excluding tert-OH is 1. The van der Waals surface area contributed by atoms with Crippen LogP contribution in [0.2, 0.25) is 0 Å². The smallest absolute Gasteiger partial charge is 0.429 e. The van der Waals surface area contributed by atoms with Gasteiger partial charge >= 0.3 is 12.1 Å². The minimum atomic E-state index is -5.04. The van der Waals surface area contributed by atoms with Gasteiger partial charge in [0.25, 0.3) is 0 Å². The molecule has 0 amide bonds. The average molecular weight is 242 g/mol. The zero-order chi connectivity index (χ0) is 12.6. The third-order valence-electron chi connectivity index (χ3n) is 2.03. The van der Waals surface area contributed by atoms with E-state index in [2.05, 4.69) is 4.74 Å². The Kier molecular flexibility index (Phi) is 7.12. The number of unbranched alkanes of at least 4 members (excludes halogenated alkanes) is 4. The van der Waals surface area contributed by atoms with Gasteiger partial charge in [-0.3, -0.25) is 0 Å². The highest BCUT2D eigenvalue weighted by Crippen LogP contribution is 2.18. The number of rotatable bonds is 7. The maximum absolute atomic E-state index is 11.7. The summed E-state index contributed by atoms with van der Waals surface area (Å²) in [5, 5.41) is 9.00. The number of halogens is 3. The summed E-state index contributed by atoms with van der Waals surface area (Å²) in [6, 6.07) is 0. The summed E-state index contributed by atoms with van der Waals surface area (Å²) >= 11 is 0. The van der Waals surface area contributed by atoms with Gasteiger partial charge < -0.3 is 9.84 Å². The Morgan fingerprint density at radius 2 is 1.81 bits per heavy atom. The molecular formula is C10H17F3O3. The van der Waals surface area contributed by atoms with E-state index < -0.39 is 18.4 Å². The Labute approximate surface area is 92.6 Å². The summed E-state index contributed by atoms with van der Waals surface area (Å²) in [7, 11) is 0. The third-order valence-corrected chi connectivity index (χ3v) is 2.03. The van der Waals surface area contributed by atoms with Gasteiger partial charge in [0.1, 0.15) is 0 Å². The number of ether oxygens (including phenoxy) is 1. The fourth-order valence-electron chi connectivity index (χ4n) is 1.17. The van der Waals surface area contributed by atoms with E-state index in [1.165, 1.54) is 0 Å². The largest absolute Gasteiger partial charge is 0.491 e. The number of aliphatic hydroxyl groups is 1. The van der Waals surface area contributed by atoms with E-state index in [-0.39, 0.29) is 6.42 Å². The number of carbonyl (C=O) groups is 1. The lowest BCUT2D eigenvalue weighted by molar-refractivity contribution is -0.220. The van der Waals surface area contributed by atoms with Gasteiger partial charge in [-0.05, 0) is 6.42 Å². The topological polar surface area (TPSA) is 46.5 Å². The Balaban J connectivity index is 3.59. The highest BCUT2D eigenvalue weighted by molar-refractivity contribution is 5.75. The highest BCUT2D eigenvalue weighted by atomic mass is 19.4. The van der Waals surface area contributed by atoms with Crippen LogP contribution in [0.25, 0.3) is 0 Å². The summed E-state index contributed by atoms with van der Waals surface area (Å²) in [6.07, 6.45) is -2.20. The van der Waals surface area contributed by atoms with Crippen LogP contribution in [0.4, 0.5) is 13.2 Å². The highest BCUT2D eigenvalue weighted by Gasteiger charge is 2.42. The second kappa shape index (κ2) is 7.49. The zero-order valence-electron chi connectivity index (χ0n) is 9.22. The first-order chi connectivity index (χ1) is 7.38. The molecule has 0 bridgehead atoms. The zero-order valence-corrected chi connectivity index (χ0v) is 9.22. The maximum Gasteiger partial charge on any atom is 0.491 e. The van der Waals surface area contributed by atoms with Gasteiger partial charge in [-0.2, -0.15) is 13.2 Å². The number of hydrogen-bond acceptors (Lipinski definition) is 3. The average Bonchev–Trinajstić information content (AvgIpc) is 2.16. The third kappa shape index (κ3) is 7.50. The van der Waals surface area contributed by atoms with Crippen molar-refractivity contribution in [3.63, 3.8) is 0 Å². The molecule has 1 atom stereocenters. The van der Waals surface area contributed by atoms with Crippen LogP contribution in [-0.4, -0.2) is 23.5 Å². The molecule has 3 nitrogen and oxygen atoms in total. The molecule has 0 rings (SSSR count). The predicted molar refractivity (Wildman–Crippen MR) is 51.5 cm³/mol. The molecule has 0 radical (unpaired) electrons. The summed E-state index contributed by atoms with van der Waals surface area (Å²) in [5.74, 6) is -2.34. The van der Waals surface area contributed by atoms with E-state index in [0.29, 0.717) is 6.42 Å². The second-order valence-electron chi connectivity index (χ2n) is 3.56. The Morgan fingerprint density at radius 1 is 1.25 bits per heavy atom.